The monoisotopic (exact) mass is 413 g/mol. The van der Waals surface area contributed by atoms with E-state index in [0.29, 0.717) is 18.3 Å². The van der Waals surface area contributed by atoms with Crippen molar-refractivity contribution >= 4 is 33.7 Å². The molecule has 0 fully saturated rings. The molecule has 3 aromatic heterocycles. The fraction of sp³-hybridized carbons (Fsp3) is 0.174. The first-order valence-corrected chi connectivity index (χ1v) is 10.1. The second-order valence-electron chi connectivity index (χ2n) is 7.43. The van der Waals surface area contributed by atoms with E-state index in [1.54, 1.807) is 25.7 Å². The molecule has 8 heteroatoms. The number of nitrogens with one attached hydrogen (secondary N) is 2. The number of aromatic amines is 2. The largest absolute Gasteiger partial charge is 0.497 e. The van der Waals surface area contributed by atoms with Gasteiger partial charge in [0.2, 0.25) is 5.95 Å². The maximum atomic E-state index is 5.94. The highest BCUT2D eigenvalue weighted by Gasteiger charge is 2.14. The van der Waals surface area contributed by atoms with Crippen LogP contribution >= 0.6 is 0 Å². The van der Waals surface area contributed by atoms with Gasteiger partial charge >= 0.3 is 0 Å². The predicted molar refractivity (Wildman–Crippen MR) is 122 cm³/mol. The maximum Gasteiger partial charge on any atom is 0.227 e. The molecule has 0 saturated carbocycles. The van der Waals surface area contributed by atoms with Gasteiger partial charge in [-0.05, 0) is 53.9 Å². The van der Waals surface area contributed by atoms with Gasteiger partial charge in [-0.2, -0.15) is 4.98 Å². The van der Waals surface area contributed by atoms with E-state index in [4.69, 9.17) is 10.5 Å². The van der Waals surface area contributed by atoms with Gasteiger partial charge in [0.15, 0.2) is 0 Å². The van der Waals surface area contributed by atoms with Gasteiger partial charge in [-0.3, -0.25) is 0 Å². The number of H-pyrrole nitrogens is 2. The minimum absolute atomic E-state index is 0.454. The van der Waals surface area contributed by atoms with Crippen molar-refractivity contribution in [3.63, 3.8) is 0 Å². The minimum atomic E-state index is 0.454. The summed E-state index contributed by atoms with van der Waals surface area (Å²) in [5, 5.41) is 1.16. The van der Waals surface area contributed by atoms with E-state index < -0.39 is 0 Å². The second-order valence-corrected chi connectivity index (χ2v) is 7.43. The van der Waals surface area contributed by atoms with Crippen LogP contribution in [0.5, 0.6) is 5.75 Å². The third-order valence-electron chi connectivity index (χ3n) is 5.43. The molecule has 0 amide bonds. The second kappa shape index (κ2) is 7.98. The lowest BCUT2D eigenvalue weighted by Gasteiger charge is -2.23. The maximum absolute atomic E-state index is 5.94. The van der Waals surface area contributed by atoms with Gasteiger partial charge in [0.25, 0.3) is 0 Å². The summed E-state index contributed by atoms with van der Waals surface area (Å²) in [5.41, 5.74) is 11.3. The summed E-state index contributed by atoms with van der Waals surface area (Å²) in [6, 6.07) is 14.0. The first-order chi connectivity index (χ1) is 15.2. The van der Waals surface area contributed by atoms with Gasteiger partial charge in [0.1, 0.15) is 11.6 Å². The molecule has 0 spiro atoms. The van der Waals surface area contributed by atoms with E-state index in [1.165, 1.54) is 5.56 Å². The number of imidazole rings is 1. The average molecular weight is 413 g/mol. The smallest absolute Gasteiger partial charge is 0.227 e. The van der Waals surface area contributed by atoms with Crippen LogP contribution in [0.1, 0.15) is 11.1 Å². The number of ether oxygens (including phenoxy) is 1. The molecular weight excluding hydrogens is 390 g/mol. The van der Waals surface area contributed by atoms with Gasteiger partial charge in [-0.1, -0.05) is 6.07 Å². The first kappa shape index (κ1) is 18.9. The zero-order valence-corrected chi connectivity index (χ0v) is 17.2. The Labute approximate surface area is 179 Å². The van der Waals surface area contributed by atoms with Gasteiger partial charge < -0.3 is 25.3 Å². The molecule has 0 aliphatic carbocycles. The molecule has 0 radical (unpaired) electrons. The summed E-state index contributed by atoms with van der Waals surface area (Å²) in [7, 11) is 1.68. The first-order valence-electron chi connectivity index (χ1n) is 10.1. The molecule has 5 rings (SSSR count). The third-order valence-corrected chi connectivity index (χ3v) is 5.43. The van der Waals surface area contributed by atoms with Crippen LogP contribution in [0.4, 0.5) is 11.8 Å². The quantitative estimate of drug-likeness (QED) is 0.376. The van der Waals surface area contributed by atoms with Gasteiger partial charge in [0.05, 0.1) is 24.5 Å². The Bertz CT molecular complexity index is 1340. The van der Waals surface area contributed by atoms with Crippen molar-refractivity contribution in [1.29, 1.82) is 0 Å². The van der Waals surface area contributed by atoms with Crippen LogP contribution in [0.3, 0.4) is 0 Å². The van der Waals surface area contributed by atoms with Gasteiger partial charge in [0, 0.05) is 36.4 Å². The Morgan fingerprint density at radius 2 is 1.97 bits per heavy atom. The molecule has 31 heavy (non-hydrogen) atoms. The van der Waals surface area contributed by atoms with Gasteiger partial charge in [-0.15, -0.1) is 0 Å². The number of methoxy groups -OCH3 is 1. The Morgan fingerprint density at radius 3 is 2.84 bits per heavy atom. The summed E-state index contributed by atoms with van der Waals surface area (Å²) in [6.07, 6.45) is 6.27. The number of rotatable bonds is 7. The number of hydrogen-bond acceptors (Lipinski definition) is 6. The summed E-state index contributed by atoms with van der Waals surface area (Å²) in [6.45, 7) is 1.39. The molecule has 0 aliphatic heterocycles. The van der Waals surface area contributed by atoms with Crippen molar-refractivity contribution in [2.45, 2.75) is 13.0 Å². The van der Waals surface area contributed by atoms with E-state index >= 15 is 0 Å². The lowest BCUT2D eigenvalue weighted by molar-refractivity contribution is 0.415. The summed E-state index contributed by atoms with van der Waals surface area (Å²) in [4.78, 5) is 21.9. The van der Waals surface area contributed by atoms with Crippen molar-refractivity contribution in [2.24, 2.45) is 0 Å². The normalized spacial score (nSPS) is 11.3. The van der Waals surface area contributed by atoms with Crippen molar-refractivity contribution in [3.8, 4) is 5.75 Å². The predicted octanol–water partition coefficient (Wildman–Crippen LogP) is 3.67. The molecule has 156 valence electrons. The van der Waals surface area contributed by atoms with E-state index in [1.807, 2.05) is 18.2 Å². The summed E-state index contributed by atoms with van der Waals surface area (Å²) >= 11 is 0. The van der Waals surface area contributed by atoms with Crippen LogP contribution in [0.25, 0.3) is 21.9 Å². The lowest BCUT2D eigenvalue weighted by Crippen LogP contribution is -2.27. The molecule has 0 unspecified atom stereocenters. The van der Waals surface area contributed by atoms with E-state index in [2.05, 4.69) is 54.2 Å². The van der Waals surface area contributed by atoms with Crippen LogP contribution in [0, 0.1) is 0 Å². The molecule has 5 aromatic rings. The summed E-state index contributed by atoms with van der Waals surface area (Å²) < 4.78 is 5.40. The Morgan fingerprint density at radius 1 is 1.03 bits per heavy atom. The number of fused-ring (bicyclic) bond motifs is 2. The van der Waals surface area contributed by atoms with E-state index in [9.17, 15) is 0 Å². The molecule has 3 heterocycles. The van der Waals surface area contributed by atoms with Crippen LogP contribution in [0.15, 0.2) is 61.2 Å². The van der Waals surface area contributed by atoms with Crippen molar-refractivity contribution < 1.29 is 4.74 Å². The molecule has 8 nitrogen and oxygen atoms in total. The zero-order chi connectivity index (χ0) is 21.2. The van der Waals surface area contributed by atoms with Crippen molar-refractivity contribution in [2.75, 3.05) is 24.3 Å². The number of benzene rings is 2. The number of nitrogens with two attached hydrogens (primary N) is 1. The summed E-state index contributed by atoms with van der Waals surface area (Å²) in [5.74, 6) is 1.91. The van der Waals surface area contributed by atoms with E-state index in [0.717, 1.165) is 46.2 Å². The zero-order valence-electron chi connectivity index (χ0n) is 17.2. The number of anilines is 2. The molecule has 0 atom stereocenters. The van der Waals surface area contributed by atoms with Crippen LogP contribution in [0.2, 0.25) is 0 Å². The highest BCUT2D eigenvalue weighted by molar-refractivity contribution is 5.84. The van der Waals surface area contributed by atoms with Crippen molar-refractivity contribution in [3.05, 3.63) is 72.3 Å². The molecule has 0 aliphatic rings. The number of aromatic nitrogens is 5. The fourth-order valence-electron chi connectivity index (χ4n) is 3.81. The standard InChI is InChI=1S/C23H23N7O/c1-31-17-3-5-19-18(11-17)16(12-26-19)7-9-30(23-25-8-6-22(24)29-23)13-15-2-4-20-21(10-15)28-14-27-20/h2-6,8,10-12,14,26H,7,9,13H2,1H3,(H,27,28)(H2,24,25,29). The third kappa shape index (κ3) is 3.87. The number of nitrogen functional groups attached to an aromatic ring is 1. The van der Waals surface area contributed by atoms with Crippen LogP contribution in [-0.4, -0.2) is 38.6 Å². The number of hydrogen-bond donors (Lipinski definition) is 3. The average Bonchev–Trinajstić information content (AvgIpc) is 3.42. The Kier molecular flexibility index (Phi) is 4.87. The SMILES string of the molecule is COc1ccc2[nH]cc(CCN(Cc3ccc4nc[nH]c4c3)c3nccc(N)n3)c2c1. The molecule has 2 aromatic carbocycles. The molecule has 4 N–H and O–H groups in total. The topological polar surface area (TPSA) is 109 Å². The lowest BCUT2D eigenvalue weighted by atomic mass is 10.1. The highest BCUT2D eigenvalue weighted by Crippen LogP contribution is 2.25. The Hall–Kier alpha value is -4.07. The van der Waals surface area contributed by atoms with Crippen molar-refractivity contribution in [1.82, 2.24) is 24.9 Å². The van der Waals surface area contributed by atoms with Gasteiger partial charge in [-0.25, -0.2) is 9.97 Å². The number of nitrogens with zero attached hydrogens (tertiary/aromatic N) is 4. The van der Waals surface area contributed by atoms with Crippen LogP contribution < -0.4 is 15.4 Å². The van der Waals surface area contributed by atoms with E-state index in [-0.39, 0.29) is 0 Å². The molecule has 0 bridgehead atoms. The molecule has 0 saturated heterocycles. The molecular formula is C23H23N7O. The minimum Gasteiger partial charge on any atom is -0.497 e. The van der Waals surface area contributed by atoms with Crippen LogP contribution in [-0.2, 0) is 13.0 Å². The fourth-order valence-corrected chi connectivity index (χ4v) is 3.81. The Balaban J connectivity index is 1.43. The highest BCUT2D eigenvalue weighted by atomic mass is 16.5.